The lowest BCUT2D eigenvalue weighted by Crippen LogP contribution is -2.27. The molecule has 5 nitrogen and oxygen atoms in total. The molecule has 184 valence electrons. The molecule has 1 aliphatic heterocycles. The zero-order valence-electron chi connectivity index (χ0n) is 20.3. The standard InChI is InChI=1S/C30H25N3O2S2/c1-3-16-35-26-15-14-23(17-21(26)2)28-24(20-33(31-28)25-12-8-5-9-13-25)18-27-29(34)32(30(36)37-27)19-22-10-6-4-7-11-22/h3-15,17-18,20H,1,16,19H2,2H3/b27-18+. The number of hydrogen-bond donors (Lipinski definition) is 0. The van der Waals surface area contributed by atoms with Crippen LogP contribution in [0.1, 0.15) is 16.7 Å². The van der Waals surface area contributed by atoms with Crippen LogP contribution in [0.15, 0.2) is 103 Å². The minimum atomic E-state index is -0.0957. The SMILES string of the molecule is C=CCOc1ccc(-c2nn(-c3ccccc3)cc2/C=C2/SC(=S)N(Cc3ccccc3)C2=O)cc1C. The molecular weight excluding hydrogens is 498 g/mol. The third kappa shape index (κ3) is 5.43. The Hall–Kier alpha value is -3.94. The number of ether oxygens (including phenoxy) is 1. The lowest BCUT2D eigenvalue weighted by Gasteiger charge is -2.14. The van der Waals surface area contributed by atoms with E-state index in [0.29, 0.717) is 22.4 Å². The van der Waals surface area contributed by atoms with Crippen LogP contribution in [-0.4, -0.2) is 31.5 Å². The number of para-hydroxylation sites is 1. The summed E-state index contributed by atoms with van der Waals surface area (Å²) in [5, 5.41) is 4.90. The van der Waals surface area contributed by atoms with Crippen molar-refractivity contribution < 1.29 is 9.53 Å². The van der Waals surface area contributed by atoms with Gasteiger partial charge < -0.3 is 4.74 Å². The van der Waals surface area contributed by atoms with Gasteiger partial charge in [0.15, 0.2) is 0 Å². The van der Waals surface area contributed by atoms with Crippen molar-refractivity contribution in [1.82, 2.24) is 14.7 Å². The zero-order chi connectivity index (χ0) is 25.8. The second-order valence-electron chi connectivity index (χ2n) is 8.55. The van der Waals surface area contributed by atoms with Gasteiger partial charge in [0, 0.05) is 17.3 Å². The quantitative estimate of drug-likeness (QED) is 0.144. The van der Waals surface area contributed by atoms with Crippen molar-refractivity contribution in [3.8, 4) is 22.7 Å². The van der Waals surface area contributed by atoms with Crippen molar-refractivity contribution in [3.63, 3.8) is 0 Å². The number of thioether (sulfide) groups is 1. The highest BCUT2D eigenvalue weighted by Crippen LogP contribution is 2.36. The Kier molecular flexibility index (Phi) is 7.35. The molecule has 1 saturated heterocycles. The molecule has 0 N–H and O–H groups in total. The number of rotatable bonds is 8. The number of nitrogens with zero attached hydrogens (tertiary/aromatic N) is 3. The van der Waals surface area contributed by atoms with Crippen LogP contribution in [0, 0.1) is 6.92 Å². The molecule has 3 aromatic carbocycles. The minimum absolute atomic E-state index is 0.0957. The molecule has 0 saturated carbocycles. The topological polar surface area (TPSA) is 47.4 Å². The van der Waals surface area contributed by atoms with Crippen molar-refractivity contribution in [2.24, 2.45) is 0 Å². The van der Waals surface area contributed by atoms with Gasteiger partial charge in [-0.25, -0.2) is 4.68 Å². The zero-order valence-corrected chi connectivity index (χ0v) is 22.0. The number of benzene rings is 3. The highest BCUT2D eigenvalue weighted by molar-refractivity contribution is 8.26. The van der Waals surface area contributed by atoms with Gasteiger partial charge in [0.2, 0.25) is 0 Å². The van der Waals surface area contributed by atoms with Crippen LogP contribution in [0.4, 0.5) is 0 Å². The summed E-state index contributed by atoms with van der Waals surface area (Å²) < 4.78 is 8.14. The van der Waals surface area contributed by atoms with E-state index in [1.54, 1.807) is 11.0 Å². The molecular formula is C30H25N3O2S2. The van der Waals surface area contributed by atoms with Crippen molar-refractivity contribution in [3.05, 3.63) is 119 Å². The molecule has 1 aromatic heterocycles. The number of amides is 1. The molecule has 0 radical (unpaired) electrons. The van der Waals surface area contributed by atoms with E-state index in [1.807, 2.05) is 103 Å². The van der Waals surface area contributed by atoms with E-state index < -0.39 is 0 Å². The third-order valence-electron chi connectivity index (χ3n) is 5.91. The van der Waals surface area contributed by atoms with Crippen LogP contribution in [0.5, 0.6) is 5.75 Å². The fourth-order valence-corrected chi connectivity index (χ4v) is 5.33. The van der Waals surface area contributed by atoms with Gasteiger partial charge in [-0.2, -0.15) is 5.10 Å². The largest absolute Gasteiger partial charge is 0.489 e. The molecule has 5 rings (SSSR count). The first-order valence-electron chi connectivity index (χ1n) is 11.8. The Morgan fingerprint density at radius 1 is 1.05 bits per heavy atom. The average Bonchev–Trinajstić information content (AvgIpc) is 3.45. The first-order valence-corrected chi connectivity index (χ1v) is 13.0. The maximum atomic E-state index is 13.3. The van der Waals surface area contributed by atoms with Crippen molar-refractivity contribution in [1.29, 1.82) is 0 Å². The Morgan fingerprint density at radius 3 is 2.49 bits per heavy atom. The predicted molar refractivity (Wildman–Crippen MR) is 155 cm³/mol. The summed E-state index contributed by atoms with van der Waals surface area (Å²) >= 11 is 6.89. The second kappa shape index (κ2) is 11.0. The van der Waals surface area contributed by atoms with Gasteiger partial charge in [0.1, 0.15) is 22.4 Å². The summed E-state index contributed by atoms with van der Waals surface area (Å²) in [6.07, 6.45) is 5.57. The summed E-state index contributed by atoms with van der Waals surface area (Å²) in [5.74, 6) is 0.705. The van der Waals surface area contributed by atoms with Gasteiger partial charge in [-0.1, -0.05) is 85.2 Å². The molecule has 7 heteroatoms. The first kappa shape index (κ1) is 24.7. The number of hydrogen-bond acceptors (Lipinski definition) is 5. The summed E-state index contributed by atoms with van der Waals surface area (Å²) in [6.45, 7) is 6.61. The van der Waals surface area contributed by atoms with Crippen LogP contribution < -0.4 is 4.74 Å². The molecule has 1 amide bonds. The number of aromatic nitrogens is 2. The van der Waals surface area contributed by atoms with Crippen LogP contribution in [0.2, 0.25) is 0 Å². The minimum Gasteiger partial charge on any atom is -0.489 e. The Bertz CT molecular complexity index is 1490. The monoisotopic (exact) mass is 523 g/mol. The Labute approximate surface area is 226 Å². The van der Waals surface area contributed by atoms with Crippen molar-refractivity contribution in [2.45, 2.75) is 13.5 Å². The molecule has 1 aliphatic rings. The van der Waals surface area contributed by atoms with Gasteiger partial charge >= 0.3 is 0 Å². The highest BCUT2D eigenvalue weighted by atomic mass is 32.2. The summed E-state index contributed by atoms with van der Waals surface area (Å²) in [4.78, 5) is 15.6. The second-order valence-corrected chi connectivity index (χ2v) is 10.2. The molecule has 0 bridgehead atoms. The highest BCUT2D eigenvalue weighted by Gasteiger charge is 2.32. The molecule has 4 aromatic rings. The molecule has 0 atom stereocenters. The van der Waals surface area contributed by atoms with Crippen molar-refractivity contribution in [2.75, 3.05) is 6.61 Å². The molecule has 2 heterocycles. The fraction of sp³-hybridized carbons (Fsp3) is 0.100. The van der Waals surface area contributed by atoms with Gasteiger partial charge in [-0.3, -0.25) is 9.69 Å². The summed E-state index contributed by atoms with van der Waals surface area (Å²) in [5.41, 5.74) is 5.51. The third-order valence-corrected chi connectivity index (χ3v) is 7.29. The Morgan fingerprint density at radius 2 is 1.78 bits per heavy atom. The van der Waals surface area contributed by atoms with Crippen LogP contribution >= 0.6 is 24.0 Å². The smallest absolute Gasteiger partial charge is 0.266 e. The van der Waals surface area contributed by atoms with Crippen LogP contribution in [0.25, 0.3) is 23.0 Å². The number of aryl methyl sites for hydroxylation is 1. The number of carbonyl (C=O) groups is 1. The van der Waals surface area contributed by atoms with Crippen LogP contribution in [0.3, 0.4) is 0 Å². The van der Waals surface area contributed by atoms with E-state index in [4.69, 9.17) is 22.1 Å². The lowest BCUT2D eigenvalue weighted by molar-refractivity contribution is -0.122. The Balaban J connectivity index is 1.52. The summed E-state index contributed by atoms with van der Waals surface area (Å²) in [6, 6.07) is 25.8. The first-order chi connectivity index (χ1) is 18.0. The molecule has 1 fully saturated rings. The fourth-order valence-electron chi connectivity index (χ4n) is 4.08. The van der Waals surface area contributed by atoms with Crippen LogP contribution in [-0.2, 0) is 11.3 Å². The average molecular weight is 524 g/mol. The van der Waals surface area contributed by atoms with Gasteiger partial charge in [0.05, 0.1) is 17.1 Å². The normalized spacial score (nSPS) is 14.4. The van der Waals surface area contributed by atoms with Gasteiger partial charge in [0.25, 0.3) is 5.91 Å². The maximum absolute atomic E-state index is 13.3. The van der Waals surface area contributed by atoms with E-state index in [1.165, 1.54) is 11.8 Å². The van der Waals surface area contributed by atoms with Gasteiger partial charge in [-0.15, -0.1) is 0 Å². The predicted octanol–water partition coefficient (Wildman–Crippen LogP) is 6.81. The van der Waals surface area contributed by atoms with E-state index >= 15 is 0 Å². The summed E-state index contributed by atoms with van der Waals surface area (Å²) in [7, 11) is 0. The van der Waals surface area contributed by atoms with E-state index in [-0.39, 0.29) is 5.91 Å². The molecule has 37 heavy (non-hydrogen) atoms. The van der Waals surface area contributed by atoms with E-state index in [2.05, 4.69) is 6.58 Å². The lowest BCUT2D eigenvalue weighted by atomic mass is 10.0. The number of carbonyl (C=O) groups excluding carboxylic acids is 1. The van der Waals surface area contributed by atoms with Crippen molar-refractivity contribution >= 4 is 40.3 Å². The molecule has 0 spiro atoms. The molecule has 0 unspecified atom stereocenters. The van der Waals surface area contributed by atoms with E-state index in [9.17, 15) is 4.79 Å². The number of thiocarbonyl (C=S) groups is 1. The van der Waals surface area contributed by atoms with Gasteiger partial charge in [-0.05, 0) is 54.5 Å². The maximum Gasteiger partial charge on any atom is 0.266 e. The molecule has 0 aliphatic carbocycles. The van der Waals surface area contributed by atoms with E-state index in [0.717, 1.165) is 39.4 Å².